The number of benzene rings is 1. The third-order valence-electron chi connectivity index (χ3n) is 1.82. The Hall–Kier alpha value is -2.12. The lowest BCUT2D eigenvalue weighted by molar-refractivity contribution is -0.274. The van der Waals surface area contributed by atoms with Gasteiger partial charge < -0.3 is 10.6 Å². The molecule has 5 nitrogen and oxygen atoms in total. The summed E-state index contributed by atoms with van der Waals surface area (Å²) in [5.41, 5.74) is 0.439. The fourth-order valence-electron chi connectivity index (χ4n) is 1.11. The first-order valence-corrected chi connectivity index (χ1v) is 4.99. The summed E-state index contributed by atoms with van der Waals surface area (Å²) in [4.78, 5) is 4.04. The highest BCUT2D eigenvalue weighted by Gasteiger charge is 2.30. The van der Waals surface area contributed by atoms with Gasteiger partial charge in [0, 0.05) is 6.42 Å². The highest BCUT2D eigenvalue weighted by molar-refractivity contribution is 5.84. The molecule has 0 amide bonds. The van der Waals surface area contributed by atoms with Crippen LogP contribution in [0.5, 0.6) is 5.75 Å². The standard InChI is InChI=1S/C10H11F3N4O/c1-2-9(16-17-14)15-7-3-5-8(6-4-7)18-10(11,12)13/h3-6H,2H2,1H3,(H2,14,15,16). The molecule has 0 aliphatic carbocycles. The summed E-state index contributed by atoms with van der Waals surface area (Å²) in [5.74, 6) is 4.96. The van der Waals surface area contributed by atoms with Crippen molar-refractivity contribution in [1.82, 2.24) is 0 Å². The summed E-state index contributed by atoms with van der Waals surface area (Å²) in [7, 11) is 0. The van der Waals surface area contributed by atoms with Crippen LogP contribution in [0, 0.1) is 0 Å². The van der Waals surface area contributed by atoms with E-state index in [0.29, 0.717) is 17.9 Å². The van der Waals surface area contributed by atoms with Crippen molar-refractivity contribution in [2.75, 3.05) is 0 Å². The molecule has 98 valence electrons. The van der Waals surface area contributed by atoms with E-state index in [1.165, 1.54) is 24.3 Å². The number of amidine groups is 1. The van der Waals surface area contributed by atoms with Crippen LogP contribution in [0.2, 0.25) is 0 Å². The van der Waals surface area contributed by atoms with Crippen LogP contribution in [0.25, 0.3) is 0 Å². The third kappa shape index (κ3) is 4.81. The summed E-state index contributed by atoms with van der Waals surface area (Å²) in [6, 6.07) is 5.09. The molecule has 0 saturated carbocycles. The molecule has 0 aromatic heterocycles. The molecule has 0 bridgehead atoms. The molecule has 0 aliphatic heterocycles. The van der Waals surface area contributed by atoms with E-state index in [1.807, 2.05) is 0 Å². The average molecular weight is 260 g/mol. The molecule has 0 aliphatic rings. The van der Waals surface area contributed by atoms with Gasteiger partial charge in [-0.1, -0.05) is 12.1 Å². The molecular weight excluding hydrogens is 249 g/mol. The SMILES string of the molecule is CCC(N=NN)=Nc1ccc(OC(F)(F)F)cc1. The number of aliphatic imine (C=N–C) groups is 1. The van der Waals surface area contributed by atoms with Gasteiger partial charge in [-0.2, -0.15) is 0 Å². The Morgan fingerprint density at radius 3 is 2.33 bits per heavy atom. The van der Waals surface area contributed by atoms with Gasteiger partial charge in [0.05, 0.1) is 5.69 Å². The van der Waals surface area contributed by atoms with E-state index in [1.54, 1.807) is 6.92 Å². The average Bonchev–Trinajstić information content (AvgIpc) is 2.29. The maximum atomic E-state index is 11.9. The predicted octanol–water partition coefficient (Wildman–Crippen LogP) is 3.35. The predicted molar refractivity (Wildman–Crippen MR) is 59.6 cm³/mol. The van der Waals surface area contributed by atoms with Gasteiger partial charge in [0.15, 0.2) is 5.84 Å². The molecule has 18 heavy (non-hydrogen) atoms. The van der Waals surface area contributed by atoms with Crippen LogP contribution in [0.15, 0.2) is 39.6 Å². The minimum Gasteiger partial charge on any atom is -0.406 e. The molecule has 1 rings (SSSR count). The Morgan fingerprint density at radius 1 is 1.28 bits per heavy atom. The van der Waals surface area contributed by atoms with Crippen molar-refractivity contribution < 1.29 is 17.9 Å². The Morgan fingerprint density at radius 2 is 1.89 bits per heavy atom. The van der Waals surface area contributed by atoms with Crippen molar-refractivity contribution in [1.29, 1.82) is 0 Å². The van der Waals surface area contributed by atoms with E-state index >= 15 is 0 Å². The fraction of sp³-hybridized carbons (Fsp3) is 0.300. The molecule has 8 heteroatoms. The molecular formula is C10H11F3N4O. The number of hydrogen-bond acceptors (Lipinski definition) is 3. The van der Waals surface area contributed by atoms with Crippen LogP contribution in [-0.2, 0) is 0 Å². The summed E-state index contributed by atoms with van der Waals surface area (Å²) >= 11 is 0. The van der Waals surface area contributed by atoms with Gasteiger partial charge in [0.25, 0.3) is 0 Å². The molecule has 1 aromatic rings. The Balaban J connectivity index is 2.83. The number of hydrogen-bond donors (Lipinski definition) is 1. The molecule has 0 fully saturated rings. The van der Waals surface area contributed by atoms with Gasteiger partial charge in [-0.15, -0.1) is 18.3 Å². The fourth-order valence-corrected chi connectivity index (χ4v) is 1.11. The first-order chi connectivity index (χ1) is 8.44. The van der Waals surface area contributed by atoms with Crippen molar-refractivity contribution in [3.8, 4) is 5.75 Å². The van der Waals surface area contributed by atoms with E-state index in [-0.39, 0.29) is 5.75 Å². The van der Waals surface area contributed by atoms with E-state index in [2.05, 4.69) is 20.1 Å². The Bertz CT molecular complexity index is 439. The summed E-state index contributed by atoms with van der Waals surface area (Å²) in [6.45, 7) is 1.80. The van der Waals surface area contributed by atoms with Gasteiger partial charge in [-0.25, -0.2) is 4.99 Å². The minimum absolute atomic E-state index is 0.306. The van der Waals surface area contributed by atoms with Crippen LogP contribution in [0.3, 0.4) is 0 Å². The third-order valence-corrected chi connectivity index (χ3v) is 1.82. The highest BCUT2D eigenvalue weighted by atomic mass is 19.4. The zero-order chi connectivity index (χ0) is 13.6. The molecule has 1 aromatic carbocycles. The second kappa shape index (κ2) is 5.99. The van der Waals surface area contributed by atoms with E-state index < -0.39 is 6.36 Å². The quantitative estimate of drug-likeness (QED) is 0.297. The molecule has 0 atom stereocenters. The lowest BCUT2D eigenvalue weighted by atomic mass is 10.3. The van der Waals surface area contributed by atoms with Crippen molar-refractivity contribution >= 4 is 11.5 Å². The topological polar surface area (TPSA) is 72.3 Å². The first-order valence-electron chi connectivity index (χ1n) is 4.99. The lowest BCUT2D eigenvalue weighted by Crippen LogP contribution is -2.16. The van der Waals surface area contributed by atoms with E-state index in [0.717, 1.165) is 0 Å². The smallest absolute Gasteiger partial charge is 0.406 e. The molecule has 0 radical (unpaired) electrons. The normalized spacial score (nSPS) is 13.0. The number of nitrogens with two attached hydrogens (primary N) is 1. The van der Waals surface area contributed by atoms with Gasteiger partial charge in [-0.3, -0.25) is 0 Å². The second-order valence-corrected chi connectivity index (χ2v) is 3.14. The van der Waals surface area contributed by atoms with E-state index in [4.69, 9.17) is 5.84 Å². The molecule has 0 saturated heterocycles. The van der Waals surface area contributed by atoms with Gasteiger partial charge in [0.1, 0.15) is 5.75 Å². The van der Waals surface area contributed by atoms with E-state index in [9.17, 15) is 13.2 Å². The largest absolute Gasteiger partial charge is 0.573 e. The summed E-state index contributed by atoms with van der Waals surface area (Å²) in [6.07, 6.45) is -4.20. The Labute approximate surface area is 101 Å². The molecule has 0 unspecified atom stereocenters. The first kappa shape index (κ1) is 13.9. The summed E-state index contributed by atoms with van der Waals surface area (Å²) in [5, 5.41) is 6.65. The maximum Gasteiger partial charge on any atom is 0.573 e. The number of ether oxygens (including phenoxy) is 1. The minimum atomic E-state index is -4.70. The van der Waals surface area contributed by atoms with Crippen molar-refractivity contribution in [3.05, 3.63) is 24.3 Å². The van der Waals surface area contributed by atoms with Gasteiger partial charge >= 0.3 is 6.36 Å². The Kier molecular flexibility index (Phi) is 4.64. The molecule has 2 N–H and O–H groups in total. The number of nitrogens with zero attached hydrogens (tertiary/aromatic N) is 3. The zero-order valence-corrected chi connectivity index (χ0v) is 9.48. The molecule has 0 spiro atoms. The van der Waals surface area contributed by atoms with Crippen LogP contribution in [-0.4, -0.2) is 12.2 Å². The van der Waals surface area contributed by atoms with Gasteiger partial charge in [-0.05, 0) is 24.3 Å². The number of rotatable bonds is 3. The van der Waals surface area contributed by atoms with Crippen molar-refractivity contribution in [2.24, 2.45) is 21.2 Å². The van der Waals surface area contributed by atoms with Crippen LogP contribution in [0.4, 0.5) is 18.9 Å². The monoisotopic (exact) mass is 260 g/mol. The van der Waals surface area contributed by atoms with Crippen molar-refractivity contribution in [2.45, 2.75) is 19.7 Å². The highest BCUT2D eigenvalue weighted by Crippen LogP contribution is 2.25. The zero-order valence-electron chi connectivity index (χ0n) is 9.48. The maximum absolute atomic E-state index is 11.9. The van der Waals surface area contributed by atoms with Crippen molar-refractivity contribution in [3.63, 3.8) is 0 Å². The summed E-state index contributed by atoms with van der Waals surface area (Å²) < 4.78 is 39.5. The molecule has 0 heterocycles. The number of alkyl halides is 3. The lowest BCUT2D eigenvalue weighted by Gasteiger charge is -2.08. The van der Waals surface area contributed by atoms with Crippen LogP contribution < -0.4 is 10.6 Å². The van der Waals surface area contributed by atoms with Crippen LogP contribution >= 0.6 is 0 Å². The van der Waals surface area contributed by atoms with Crippen LogP contribution in [0.1, 0.15) is 13.3 Å². The second-order valence-electron chi connectivity index (χ2n) is 3.14. The van der Waals surface area contributed by atoms with Gasteiger partial charge in [0.2, 0.25) is 0 Å². The number of halogens is 3.